The predicted molar refractivity (Wildman–Crippen MR) is 140 cm³/mol. The van der Waals surface area contributed by atoms with Crippen LogP contribution in [-0.4, -0.2) is 22.6 Å². The molecular formula is C30H29N3O2. The van der Waals surface area contributed by atoms with Gasteiger partial charge in [-0.05, 0) is 40.7 Å². The van der Waals surface area contributed by atoms with Crippen LogP contribution in [0.15, 0.2) is 72.8 Å². The smallest absolute Gasteiger partial charge is 0.356 e. The van der Waals surface area contributed by atoms with Crippen molar-refractivity contribution in [3.8, 4) is 22.3 Å². The lowest BCUT2D eigenvalue weighted by Crippen LogP contribution is -2.15. The number of aryl methyl sites for hydroxylation is 2. The van der Waals surface area contributed by atoms with E-state index in [4.69, 9.17) is 16.3 Å². The zero-order valence-corrected chi connectivity index (χ0v) is 20.4. The molecule has 0 atom stereocenters. The summed E-state index contributed by atoms with van der Waals surface area (Å²) in [6, 6.07) is 24.3. The van der Waals surface area contributed by atoms with Gasteiger partial charge in [-0.2, -0.15) is 0 Å². The molecule has 0 saturated heterocycles. The number of rotatable bonds is 8. The Bertz CT molecular complexity index is 1360. The number of carbonyl (C=O) groups is 1. The highest BCUT2D eigenvalue weighted by molar-refractivity contribution is 5.89. The molecule has 0 aliphatic carbocycles. The van der Waals surface area contributed by atoms with Gasteiger partial charge in [-0.3, -0.25) is 0 Å². The fourth-order valence-corrected chi connectivity index (χ4v) is 4.36. The maximum Gasteiger partial charge on any atom is 0.356 e. The number of benzene rings is 3. The first kappa shape index (κ1) is 24.0. The second kappa shape index (κ2) is 10.8. The number of carbonyl (C=O) groups excluding carboxylic acids is 1. The van der Waals surface area contributed by atoms with Gasteiger partial charge in [0, 0.05) is 13.0 Å². The average molecular weight is 464 g/mol. The van der Waals surface area contributed by atoms with Crippen LogP contribution in [0.3, 0.4) is 0 Å². The molecule has 0 spiro atoms. The zero-order valence-electron chi connectivity index (χ0n) is 20.4. The first-order valence-electron chi connectivity index (χ1n) is 11.9. The van der Waals surface area contributed by atoms with Crippen molar-refractivity contribution in [3.05, 3.63) is 107 Å². The maximum absolute atomic E-state index is 12.6. The summed E-state index contributed by atoms with van der Waals surface area (Å²) in [5, 5.41) is 0. The summed E-state index contributed by atoms with van der Waals surface area (Å²) >= 11 is 0. The molecule has 35 heavy (non-hydrogen) atoms. The molecule has 4 aromatic rings. The Kier molecular flexibility index (Phi) is 7.42. The highest BCUT2D eigenvalue weighted by Gasteiger charge is 2.22. The summed E-state index contributed by atoms with van der Waals surface area (Å²) < 4.78 is 7.06. The number of nitrogens with zero attached hydrogens (tertiary/aromatic N) is 3. The number of hydrogen-bond donors (Lipinski definition) is 0. The first-order chi connectivity index (χ1) is 17.1. The molecule has 0 saturated carbocycles. The highest BCUT2D eigenvalue weighted by Crippen LogP contribution is 2.35. The van der Waals surface area contributed by atoms with Gasteiger partial charge in [0.25, 0.3) is 0 Å². The average Bonchev–Trinajstić information content (AvgIpc) is 3.25. The van der Waals surface area contributed by atoms with Crippen LogP contribution in [0.25, 0.3) is 27.1 Å². The highest BCUT2D eigenvalue weighted by atomic mass is 16.5. The topological polar surface area (TPSA) is 48.5 Å². The Morgan fingerprint density at radius 2 is 1.69 bits per heavy atom. The van der Waals surface area contributed by atoms with Crippen molar-refractivity contribution in [2.45, 2.75) is 39.7 Å². The summed E-state index contributed by atoms with van der Waals surface area (Å²) in [6.45, 7) is 12.3. The van der Waals surface area contributed by atoms with Crippen LogP contribution >= 0.6 is 0 Å². The van der Waals surface area contributed by atoms with Gasteiger partial charge in [0.2, 0.25) is 0 Å². The summed E-state index contributed by atoms with van der Waals surface area (Å²) in [7, 11) is 1.41. The standard InChI is InChI=1S/C30H29N3O2/c1-5-10-28-32-26(6-2)29(30(34)35-4)33(28)20-21-13-15-23(16-14-21)25-19-24(17-18-27(25)31-3)22-11-8-7-9-12-22/h7-9,11-19H,5-6,10,20H2,1-2,4H3. The van der Waals surface area contributed by atoms with Crippen molar-refractivity contribution >= 4 is 11.7 Å². The first-order valence-corrected chi connectivity index (χ1v) is 11.9. The molecule has 0 bridgehead atoms. The minimum atomic E-state index is -0.354. The lowest BCUT2D eigenvalue weighted by Gasteiger charge is -2.13. The van der Waals surface area contributed by atoms with E-state index < -0.39 is 0 Å². The molecule has 5 nitrogen and oxygen atoms in total. The maximum atomic E-state index is 12.6. The molecule has 3 aromatic carbocycles. The number of hydrogen-bond acceptors (Lipinski definition) is 3. The van der Waals surface area contributed by atoms with Crippen LogP contribution in [0.4, 0.5) is 5.69 Å². The van der Waals surface area contributed by atoms with Gasteiger partial charge in [-0.15, -0.1) is 0 Å². The molecule has 0 aliphatic rings. The van der Waals surface area contributed by atoms with E-state index in [1.165, 1.54) is 7.11 Å². The number of aromatic nitrogens is 2. The summed E-state index contributed by atoms with van der Waals surface area (Å²) in [4.78, 5) is 21.1. The number of methoxy groups -OCH3 is 1. The van der Waals surface area contributed by atoms with Crippen LogP contribution in [-0.2, 0) is 24.1 Å². The summed E-state index contributed by atoms with van der Waals surface area (Å²) in [5.74, 6) is 0.549. The van der Waals surface area contributed by atoms with Gasteiger partial charge in [-0.1, -0.05) is 86.6 Å². The van der Waals surface area contributed by atoms with Crippen molar-refractivity contribution in [2.75, 3.05) is 7.11 Å². The van der Waals surface area contributed by atoms with E-state index in [0.29, 0.717) is 24.3 Å². The fraction of sp³-hybridized carbons (Fsp3) is 0.233. The van der Waals surface area contributed by atoms with Crippen LogP contribution < -0.4 is 0 Å². The van der Waals surface area contributed by atoms with Gasteiger partial charge < -0.3 is 9.30 Å². The SMILES string of the molecule is [C-]#[N+]c1ccc(-c2ccccc2)cc1-c1ccc(Cn2c(CCC)nc(CC)c2C(=O)OC)cc1. The van der Waals surface area contributed by atoms with E-state index in [0.717, 1.165) is 52.2 Å². The van der Waals surface area contributed by atoms with Gasteiger partial charge in [0.15, 0.2) is 11.4 Å². The van der Waals surface area contributed by atoms with Crippen LogP contribution in [0.5, 0.6) is 0 Å². The lowest BCUT2D eigenvalue weighted by molar-refractivity contribution is 0.0587. The van der Waals surface area contributed by atoms with Crippen LogP contribution in [0.2, 0.25) is 0 Å². The second-order valence-electron chi connectivity index (χ2n) is 8.41. The van der Waals surface area contributed by atoms with E-state index in [9.17, 15) is 4.79 Å². The van der Waals surface area contributed by atoms with Gasteiger partial charge in [0.1, 0.15) is 5.82 Å². The molecule has 4 rings (SSSR count). The zero-order chi connectivity index (χ0) is 24.8. The third-order valence-electron chi connectivity index (χ3n) is 6.14. The number of ether oxygens (including phenoxy) is 1. The Morgan fingerprint density at radius 1 is 0.971 bits per heavy atom. The minimum absolute atomic E-state index is 0.354. The van der Waals surface area contributed by atoms with Crippen molar-refractivity contribution in [1.29, 1.82) is 0 Å². The molecule has 0 fully saturated rings. The molecule has 1 aromatic heterocycles. The number of esters is 1. The molecule has 0 radical (unpaired) electrons. The van der Waals surface area contributed by atoms with Crippen LogP contribution in [0, 0.1) is 6.57 Å². The van der Waals surface area contributed by atoms with E-state index in [1.807, 2.05) is 54.0 Å². The van der Waals surface area contributed by atoms with Gasteiger partial charge in [0.05, 0.1) is 19.4 Å². The van der Waals surface area contributed by atoms with Gasteiger partial charge >= 0.3 is 5.97 Å². The monoisotopic (exact) mass is 463 g/mol. The number of imidazole rings is 1. The van der Waals surface area contributed by atoms with Crippen molar-refractivity contribution < 1.29 is 9.53 Å². The molecule has 1 heterocycles. The van der Waals surface area contributed by atoms with E-state index >= 15 is 0 Å². The van der Waals surface area contributed by atoms with Crippen LogP contribution in [0.1, 0.15) is 47.8 Å². The second-order valence-corrected chi connectivity index (χ2v) is 8.41. The largest absolute Gasteiger partial charge is 0.464 e. The van der Waals surface area contributed by atoms with E-state index in [-0.39, 0.29) is 5.97 Å². The lowest BCUT2D eigenvalue weighted by atomic mass is 9.97. The molecule has 0 unspecified atom stereocenters. The molecule has 0 N–H and O–H groups in total. The quantitative estimate of drug-likeness (QED) is 0.206. The van der Waals surface area contributed by atoms with E-state index in [2.05, 4.69) is 42.1 Å². The fourth-order valence-electron chi connectivity index (χ4n) is 4.36. The Hall–Kier alpha value is -4.17. The molecule has 5 heteroatoms. The van der Waals surface area contributed by atoms with Gasteiger partial charge in [-0.25, -0.2) is 14.6 Å². The predicted octanol–water partition coefficient (Wildman–Crippen LogP) is 7.12. The Labute approximate surface area is 206 Å². The molecule has 176 valence electrons. The normalized spacial score (nSPS) is 10.7. The molecule has 0 aliphatic heterocycles. The Morgan fingerprint density at radius 3 is 2.31 bits per heavy atom. The molecule has 0 amide bonds. The summed E-state index contributed by atoms with van der Waals surface area (Å²) in [5.41, 5.74) is 7.08. The third-order valence-corrected chi connectivity index (χ3v) is 6.14. The van der Waals surface area contributed by atoms with Crippen molar-refractivity contribution in [1.82, 2.24) is 9.55 Å². The Balaban J connectivity index is 1.69. The van der Waals surface area contributed by atoms with Crippen molar-refractivity contribution in [2.24, 2.45) is 0 Å². The third kappa shape index (κ3) is 5.02. The van der Waals surface area contributed by atoms with E-state index in [1.54, 1.807) is 0 Å². The van der Waals surface area contributed by atoms with Crippen molar-refractivity contribution in [3.63, 3.8) is 0 Å². The minimum Gasteiger partial charge on any atom is -0.464 e. The molecular weight excluding hydrogens is 434 g/mol. The summed E-state index contributed by atoms with van der Waals surface area (Å²) in [6.07, 6.45) is 2.41.